The van der Waals surface area contributed by atoms with Crippen LogP contribution in [-0.4, -0.2) is 70.7 Å². The van der Waals surface area contributed by atoms with E-state index in [1.54, 1.807) is 12.0 Å². The molecule has 0 bridgehead atoms. The summed E-state index contributed by atoms with van der Waals surface area (Å²) in [6, 6.07) is 12.4. The Bertz CT molecular complexity index is 1660. The first kappa shape index (κ1) is 27.8. The topological polar surface area (TPSA) is 101 Å². The Morgan fingerprint density at radius 2 is 2.00 bits per heavy atom. The first-order valence-corrected chi connectivity index (χ1v) is 13.9. The maximum atomic E-state index is 12.8. The molecule has 0 radical (unpaired) electrons. The second-order valence-corrected chi connectivity index (χ2v) is 10.6. The van der Waals surface area contributed by atoms with Crippen LogP contribution in [0.15, 0.2) is 47.0 Å². The molecule has 1 saturated heterocycles. The predicted octanol–water partition coefficient (Wildman–Crippen LogP) is 4.93. The third-order valence-corrected chi connectivity index (χ3v) is 8.07. The minimum absolute atomic E-state index is 0.00907. The number of rotatable bonds is 7. The Morgan fingerprint density at radius 1 is 1.19 bits per heavy atom. The molecule has 0 saturated carbocycles. The molecule has 4 heterocycles. The van der Waals surface area contributed by atoms with E-state index in [4.69, 9.17) is 30.8 Å². The molecule has 1 amide bonds. The van der Waals surface area contributed by atoms with E-state index in [2.05, 4.69) is 38.1 Å². The van der Waals surface area contributed by atoms with Crippen molar-refractivity contribution in [2.24, 2.45) is 0 Å². The third kappa shape index (κ3) is 5.34. The van der Waals surface area contributed by atoms with Crippen molar-refractivity contribution in [1.29, 1.82) is 0 Å². The minimum atomic E-state index is -2.84. The van der Waals surface area contributed by atoms with Crippen LogP contribution >= 0.6 is 11.6 Å². The second-order valence-electron chi connectivity index (χ2n) is 10.2. The molecule has 6 rings (SSSR count). The van der Waals surface area contributed by atoms with E-state index in [0.717, 1.165) is 52.9 Å². The van der Waals surface area contributed by atoms with Gasteiger partial charge in [0.1, 0.15) is 5.82 Å². The number of benzene rings is 2. The summed E-state index contributed by atoms with van der Waals surface area (Å²) in [5.74, 6) is -0.342. The number of halogens is 3. The van der Waals surface area contributed by atoms with Crippen molar-refractivity contribution in [3.8, 4) is 6.01 Å². The lowest BCUT2D eigenvalue weighted by atomic mass is 10.0. The van der Waals surface area contributed by atoms with Crippen LogP contribution in [0.25, 0.3) is 16.8 Å². The van der Waals surface area contributed by atoms with Gasteiger partial charge in [0.15, 0.2) is 0 Å². The van der Waals surface area contributed by atoms with Gasteiger partial charge >= 0.3 is 12.4 Å². The Morgan fingerprint density at radius 3 is 2.76 bits per heavy atom. The number of hydrogen-bond donors (Lipinski definition) is 0. The van der Waals surface area contributed by atoms with Crippen LogP contribution in [0.4, 0.5) is 20.3 Å². The summed E-state index contributed by atoms with van der Waals surface area (Å²) in [6.45, 7) is 2.33. The highest BCUT2D eigenvalue weighted by Gasteiger charge is 2.32. The minimum Gasteiger partial charge on any atom is -0.467 e. The van der Waals surface area contributed by atoms with E-state index in [-0.39, 0.29) is 23.9 Å². The van der Waals surface area contributed by atoms with E-state index in [0.29, 0.717) is 24.7 Å². The van der Waals surface area contributed by atoms with Crippen LogP contribution in [0.5, 0.6) is 6.01 Å². The standard InChI is InChI=1S/C29H28ClF2N7O3/c1-37(18-11-13-39(15-18)24(40)10-9-23-34-27(26(31)32)36-42-23)28-19-12-14-38(16-21(19)33-29(35-28)41-2)22-8-4-6-17-5-3-7-20(30)25(17)22/h3-10,18,26H,11-16H2,1-2H3/b10-9+. The summed E-state index contributed by atoms with van der Waals surface area (Å²) < 4.78 is 35.6. The van der Waals surface area contributed by atoms with Gasteiger partial charge in [-0.15, -0.1) is 0 Å². The van der Waals surface area contributed by atoms with Gasteiger partial charge in [-0.2, -0.15) is 15.0 Å². The summed E-state index contributed by atoms with van der Waals surface area (Å²) >= 11 is 6.62. The molecule has 1 atom stereocenters. The van der Waals surface area contributed by atoms with E-state index >= 15 is 0 Å². The molecular weight excluding hydrogens is 568 g/mol. The predicted molar refractivity (Wildman–Crippen MR) is 154 cm³/mol. The largest absolute Gasteiger partial charge is 0.467 e. The number of ether oxygens (including phenoxy) is 1. The molecule has 1 fully saturated rings. The normalized spacial score (nSPS) is 17.0. The SMILES string of the molecule is COc1nc2c(c(N(C)C3CCN(C(=O)/C=C/c4nc(C(F)F)no4)C3)n1)CCN(c1cccc3cccc(Cl)c13)C2. The highest BCUT2D eigenvalue weighted by Crippen LogP contribution is 2.37. The molecule has 13 heteroatoms. The van der Waals surface area contributed by atoms with Crippen LogP contribution in [0.2, 0.25) is 5.02 Å². The average Bonchev–Trinajstić information content (AvgIpc) is 3.69. The molecule has 2 aromatic heterocycles. The zero-order valence-corrected chi connectivity index (χ0v) is 23.8. The number of alkyl halides is 2. The van der Waals surface area contributed by atoms with Crippen molar-refractivity contribution in [1.82, 2.24) is 25.0 Å². The quantitative estimate of drug-likeness (QED) is 0.275. The number of nitrogens with zero attached hydrogens (tertiary/aromatic N) is 7. The fourth-order valence-electron chi connectivity index (χ4n) is 5.60. The zero-order chi connectivity index (χ0) is 29.4. The number of aromatic nitrogens is 4. The van der Waals surface area contributed by atoms with Crippen molar-refractivity contribution in [2.75, 3.05) is 43.6 Å². The Hall–Kier alpha value is -4.32. The van der Waals surface area contributed by atoms with Crippen LogP contribution in [-0.2, 0) is 17.8 Å². The van der Waals surface area contributed by atoms with Crippen molar-refractivity contribution >= 4 is 45.9 Å². The number of hydrogen-bond acceptors (Lipinski definition) is 9. The Labute approximate surface area is 245 Å². The monoisotopic (exact) mass is 595 g/mol. The highest BCUT2D eigenvalue weighted by atomic mass is 35.5. The van der Waals surface area contributed by atoms with Crippen LogP contribution in [0, 0.1) is 0 Å². The van der Waals surface area contributed by atoms with Crippen LogP contribution in [0.1, 0.15) is 35.8 Å². The summed E-state index contributed by atoms with van der Waals surface area (Å²) in [6.07, 6.45) is 1.12. The number of likely N-dealkylation sites (N-methyl/N-ethyl adjacent to an activating group) is 1. The van der Waals surface area contributed by atoms with Crippen molar-refractivity contribution in [3.05, 3.63) is 70.5 Å². The fraction of sp³-hybridized carbons (Fsp3) is 0.345. The van der Waals surface area contributed by atoms with Crippen molar-refractivity contribution in [2.45, 2.75) is 31.9 Å². The number of methoxy groups -OCH3 is 1. The van der Waals surface area contributed by atoms with E-state index in [1.165, 1.54) is 12.2 Å². The smallest absolute Gasteiger partial charge is 0.318 e. The molecule has 2 aliphatic rings. The number of anilines is 2. The van der Waals surface area contributed by atoms with Gasteiger partial charge in [-0.05, 0) is 30.4 Å². The van der Waals surface area contributed by atoms with Crippen LogP contribution < -0.4 is 14.5 Å². The summed E-state index contributed by atoms with van der Waals surface area (Å²) in [7, 11) is 3.52. The number of fused-ring (bicyclic) bond motifs is 2. The fourth-order valence-corrected chi connectivity index (χ4v) is 5.88. The van der Waals surface area contributed by atoms with Gasteiger partial charge in [-0.1, -0.05) is 41.0 Å². The van der Waals surface area contributed by atoms with Crippen LogP contribution in [0.3, 0.4) is 0 Å². The zero-order valence-electron chi connectivity index (χ0n) is 23.0. The van der Waals surface area contributed by atoms with Crippen molar-refractivity contribution < 1.29 is 22.8 Å². The molecule has 218 valence electrons. The third-order valence-electron chi connectivity index (χ3n) is 7.76. The first-order valence-electron chi connectivity index (χ1n) is 13.5. The van der Waals surface area contributed by atoms with Gasteiger partial charge in [0.2, 0.25) is 11.7 Å². The van der Waals surface area contributed by atoms with Gasteiger partial charge in [-0.3, -0.25) is 4.79 Å². The maximum absolute atomic E-state index is 12.8. The molecule has 10 nitrogen and oxygen atoms in total. The first-order chi connectivity index (χ1) is 20.3. The molecule has 4 aromatic rings. The number of carbonyl (C=O) groups is 1. The molecule has 2 aliphatic heterocycles. The number of carbonyl (C=O) groups excluding carboxylic acids is 1. The van der Waals surface area contributed by atoms with Gasteiger partial charge in [0.05, 0.1) is 24.4 Å². The molecular formula is C29H28ClF2N7O3. The molecule has 0 spiro atoms. The van der Waals surface area contributed by atoms with E-state index < -0.39 is 12.2 Å². The molecule has 42 heavy (non-hydrogen) atoms. The van der Waals surface area contributed by atoms with E-state index in [9.17, 15) is 13.6 Å². The maximum Gasteiger partial charge on any atom is 0.318 e. The van der Waals surface area contributed by atoms with Gasteiger partial charge < -0.3 is 24.0 Å². The molecule has 2 aromatic carbocycles. The summed E-state index contributed by atoms with van der Waals surface area (Å²) in [4.78, 5) is 31.9. The van der Waals surface area contributed by atoms with E-state index in [1.807, 2.05) is 25.2 Å². The second kappa shape index (κ2) is 11.5. The van der Waals surface area contributed by atoms with Crippen molar-refractivity contribution in [3.63, 3.8) is 0 Å². The number of likely N-dealkylation sites (tertiary alicyclic amines) is 1. The molecule has 0 N–H and O–H groups in total. The summed E-state index contributed by atoms with van der Waals surface area (Å²) in [5.41, 5.74) is 2.99. The Kier molecular flexibility index (Phi) is 7.63. The molecule has 1 unspecified atom stereocenters. The lowest BCUT2D eigenvalue weighted by Gasteiger charge is -2.34. The van der Waals surface area contributed by atoms with Gasteiger partial charge in [-0.25, -0.2) is 8.78 Å². The lowest BCUT2D eigenvalue weighted by Crippen LogP contribution is -2.39. The van der Waals surface area contributed by atoms with Gasteiger partial charge in [0, 0.05) is 61.5 Å². The molecule has 0 aliphatic carbocycles. The Balaban J connectivity index is 1.20. The average molecular weight is 596 g/mol. The van der Waals surface area contributed by atoms with Gasteiger partial charge in [0.25, 0.3) is 5.89 Å². The highest BCUT2D eigenvalue weighted by molar-refractivity contribution is 6.36. The summed E-state index contributed by atoms with van der Waals surface area (Å²) in [5, 5.41) is 6.00. The lowest BCUT2D eigenvalue weighted by molar-refractivity contribution is -0.124. The number of amides is 1.